The first kappa shape index (κ1) is 19.7. The molecule has 0 unspecified atom stereocenters. The molecule has 0 saturated carbocycles. The van der Waals surface area contributed by atoms with Crippen LogP contribution in [0.3, 0.4) is 0 Å². The van der Waals surface area contributed by atoms with Gasteiger partial charge in [0.1, 0.15) is 0 Å². The zero-order valence-corrected chi connectivity index (χ0v) is 17.6. The average Bonchev–Trinajstić information content (AvgIpc) is 2.61. The highest BCUT2D eigenvalue weighted by molar-refractivity contribution is 6.36. The quantitative estimate of drug-likeness (QED) is 0.530. The molecule has 140 valence electrons. The molecule has 1 heterocycles. The third-order valence-electron chi connectivity index (χ3n) is 5.69. The molecule has 26 heavy (non-hydrogen) atoms. The minimum atomic E-state index is -0.0868. The standard InChI is InChI=1S/C23H28Cl2O/c1-15(2)17-5-7-18(8-6-17)23(9-11-26-12-10-23)19-13-20(24)22(16(3)4)21(25)14-19/h5-8,13-16H,9-12H2,1-4H3. The second-order valence-corrected chi connectivity index (χ2v) is 8.79. The summed E-state index contributed by atoms with van der Waals surface area (Å²) in [6.07, 6.45) is 1.89. The van der Waals surface area contributed by atoms with Gasteiger partial charge in [-0.3, -0.25) is 0 Å². The summed E-state index contributed by atoms with van der Waals surface area (Å²) in [4.78, 5) is 0. The Morgan fingerprint density at radius 2 is 1.35 bits per heavy atom. The molecule has 0 aromatic heterocycles. The van der Waals surface area contributed by atoms with Crippen LogP contribution >= 0.6 is 23.2 Å². The van der Waals surface area contributed by atoms with E-state index in [9.17, 15) is 0 Å². The first-order valence-electron chi connectivity index (χ1n) is 9.53. The van der Waals surface area contributed by atoms with Gasteiger partial charge in [-0.15, -0.1) is 0 Å². The highest BCUT2D eigenvalue weighted by atomic mass is 35.5. The van der Waals surface area contributed by atoms with Gasteiger partial charge in [-0.2, -0.15) is 0 Å². The van der Waals surface area contributed by atoms with Gasteiger partial charge in [0.2, 0.25) is 0 Å². The van der Waals surface area contributed by atoms with Gasteiger partial charge in [-0.25, -0.2) is 0 Å². The number of rotatable bonds is 4. The van der Waals surface area contributed by atoms with E-state index in [1.54, 1.807) is 0 Å². The Kier molecular flexibility index (Phi) is 6.01. The fraction of sp³-hybridized carbons (Fsp3) is 0.478. The molecule has 1 fully saturated rings. The molecule has 0 atom stereocenters. The van der Waals surface area contributed by atoms with Crippen LogP contribution in [0.4, 0.5) is 0 Å². The molecule has 0 N–H and O–H groups in total. The molecule has 2 aromatic carbocycles. The van der Waals surface area contributed by atoms with Crippen molar-refractivity contribution >= 4 is 23.2 Å². The third-order valence-corrected chi connectivity index (χ3v) is 6.31. The molecule has 2 aromatic rings. The minimum absolute atomic E-state index is 0.0868. The summed E-state index contributed by atoms with van der Waals surface area (Å²) < 4.78 is 5.69. The van der Waals surface area contributed by atoms with Crippen molar-refractivity contribution in [2.75, 3.05) is 13.2 Å². The van der Waals surface area contributed by atoms with E-state index < -0.39 is 0 Å². The van der Waals surface area contributed by atoms with Crippen molar-refractivity contribution in [3.63, 3.8) is 0 Å². The molecule has 0 amide bonds. The van der Waals surface area contributed by atoms with Crippen molar-refractivity contribution in [1.29, 1.82) is 0 Å². The van der Waals surface area contributed by atoms with Crippen LogP contribution in [0.2, 0.25) is 10.0 Å². The molecule has 3 rings (SSSR count). The molecule has 1 saturated heterocycles. The van der Waals surface area contributed by atoms with E-state index in [1.165, 1.54) is 16.7 Å². The van der Waals surface area contributed by atoms with E-state index in [0.29, 0.717) is 11.8 Å². The second-order valence-electron chi connectivity index (χ2n) is 7.98. The number of hydrogen-bond donors (Lipinski definition) is 0. The summed E-state index contributed by atoms with van der Waals surface area (Å²) in [5.74, 6) is 0.837. The maximum absolute atomic E-state index is 6.65. The number of benzene rings is 2. The monoisotopic (exact) mass is 390 g/mol. The van der Waals surface area contributed by atoms with Crippen LogP contribution in [0.15, 0.2) is 36.4 Å². The van der Waals surface area contributed by atoms with E-state index in [4.69, 9.17) is 27.9 Å². The fourth-order valence-corrected chi connectivity index (χ4v) is 4.99. The lowest BCUT2D eigenvalue weighted by Crippen LogP contribution is -2.35. The molecular weight excluding hydrogens is 363 g/mol. The van der Waals surface area contributed by atoms with E-state index in [2.05, 4.69) is 64.1 Å². The lowest BCUT2D eigenvalue weighted by Gasteiger charge is -2.39. The third kappa shape index (κ3) is 3.67. The summed E-state index contributed by atoms with van der Waals surface area (Å²) in [6.45, 7) is 10.2. The Balaban J connectivity index is 2.11. The Morgan fingerprint density at radius 1 is 0.808 bits per heavy atom. The topological polar surface area (TPSA) is 9.23 Å². The molecule has 3 heteroatoms. The predicted octanol–water partition coefficient (Wildman–Crippen LogP) is 7.34. The Morgan fingerprint density at radius 3 is 1.81 bits per heavy atom. The molecule has 1 nitrogen and oxygen atoms in total. The van der Waals surface area contributed by atoms with Crippen LogP contribution in [0.5, 0.6) is 0 Å². The van der Waals surface area contributed by atoms with Gasteiger partial charge in [0, 0.05) is 28.7 Å². The first-order valence-corrected chi connectivity index (χ1v) is 10.3. The zero-order valence-electron chi connectivity index (χ0n) is 16.1. The van der Waals surface area contributed by atoms with Gasteiger partial charge >= 0.3 is 0 Å². The SMILES string of the molecule is CC(C)c1ccc(C2(c3cc(Cl)c(C(C)C)c(Cl)c3)CCOCC2)cc1. The van der Waals surface area contributed by atoms with Gasteiger partial charge in [-0.1, -0.05) is 75.2 Å². The molecule has 0 bridgehead atoms. The Labute approximate surface area is 167 Å². The van der Waals surface area contributed by atoms with Gasteiger partial charge in [0.25, 0.3) is 0 Å². The van der Waals surface area contributed by atoms with Crippen LogP contribution in [0, 0.1) is 0 Å². The predicted molar refractivity (Wildman–Crippen MR) is 112 cm³/mol. The number of hydrogen-bond acceptors (Lipinski definition) is 1. The van der Waals surface area contributed by atoms with Crippen molar-refractivity contribution in [1.82, 2.24) is 0 Å². The zero-order chi connectivity index (χ0) is 18.9. The van der Waals surface area contributed by atoms with Gasteiger partial charge in [0.05, 0.1) is 0 Å². The normalized spacial score (nSPS) is 17.1. The molecule has 0 radical (unpaired) electrons. The summed E-state index contributed by atoms with van der Waals surface area (Å²) >= 11 is 13.3. The summed E-state index contributed by atoms with van der Waals surface area (Å²) in [7, 11) is 0. The van der Waals surface area contributed by atoms with E-state index in [1.807, 2.05) is 0 Å². The minimum Gasteiger partial charge on any atom is -0.381 e. The second kappa shape index (κ2) is 7.92. The lowest BCUT2D eigenvalue weighted by molar-refractivity contribution is 0.0631. The molecular formula is C23H28Cl2O. The molecule has 1 aliphatic heterocycles. The number of halogens is 2. The van der Waals surface area contributed by atoms with Gasteiger partial charge < -0.3 is 4.74 Å². The number of ether oxygens (including phenoxy) is 1. The van der Waals surface area contributed by atoms with E-state index in [-0.39, 0.29) is 5.41 Å². The van der Waals surface area contributed by atoms with Crippen molar-refractivity contribution in [3.8, 4) is 0 Å². The van der Waals surface area contributed by atoms with Gasteiger partial charge in [-0.05, 0) is 59.1 Å². The molecule has 1 aliphatic rings. The fourth-order valence-electron chi connectivity index (χ4n) is 4.06. The van der Waals surface area contributed by atoms with E-state index in [0.717, 1.165) is 41.7 Å². The van der Waals surface area contributed by atoms with Crippen LogP contribution < -0.4 is 0 Å². The Hall–Kier alpha value is -1.02. The van der Waals surface area contributed by atoms with Crippen LogP contribution in [0.25, 0.3) is 0 Å². The van der Waals surface area contributed by atoms with Gasteiger partial charge in [0.15, 0.2) is 0 Å². The molecule has 0 spiro atoms. The van der Waals surface area contributed by atoms with Crippen LogP contribution in [0.1, 0.15) is 74.6 Å². The summed E-state index contributed by atoms with van der Waals surface area (Å²) in [6, 6.07) is 13.3. The smallest absolute Gasteiger partial charge is 0.0477 e. The largest absolute Gasteiger partial charge is 0.381 e. The highest BCUT2D eigenvalue weighted by Crippen LogP contribution is 2.45. The maximum Gasteiger partial charge on any atom is 0.0477 e. The first-order chi connectivity index (χ1) is 12.3. The van der Waals surface area contributed by atoms with Crippen molar-refractivity contribution < 1.29 is 4.74 Å². The average molecular weight is 391 g/mol. The highest BCUT2D eigenvalue weighted by Gasteiger charge is 2.37. The van der Waals surface area contributed by atoms with E-state index >= 15 is 0 Å². The van der Waals surface area contributed by atoms with Crippen molar-refractivity contribution in [2.45, 2.75) is 57.8 Å². The Bertz CT molecular complexity index is 733. The summed E-state index contributed by atoms with van der Waals surface area (Å²) in [5, 5.41) is 1.54. The molecule has 0 aliphatic carbocycles. The summed E-state index contributed by atoms with van der Waals surface area (Å²) in [5.41, 5.74) is 4.85. The lowest BCUT2D eigenvalue weighted by atomic mass is 9.68. The van der Waals surface area contributed by atoms with Crippen molar-refractivity contribution in [3.05, 3.63) is 68.7 Å². The van der Waals surface area contributed by atoms with Crippen LogP contribution in [-0.2, 0) is 10.2 Å². The van der Waals surface area contributed by atoms with Crippen LogP contribution in [-0.4, -0.2) is 13.2 Å². The van der Waals surface area contributed by atoms with Crippen molar-refractivity contribution in [2.24, 2.45) is 0 Å². The maximum atomic E-state index is 6.65.